The van der Waals surface area contributed by atoms with Crippen LogP contribution in [0.1, 0.15) is 23.8 Å². The molecule has 1 fully saturated rings. The molecule has 7 heteroatoms. The summed E-state index contributed by atoms with van der Waals surface area (Å²) in [6.07, 6.45) is 2.85. The van der Waals surface area contributed by atoms with E-state index in [9.17, 15) is 8.42 Å². The van der Waals surface area contributed by atoms with Crippen molar-refractivity contribution in [3.63, 3.8) is 0 Å². The largest absolute Gasteiger partial charge is 0.379 e. The summed E-state index contributed by atoms with van der Waals surface area (Å²) >= 11 is 1.60. The highest BCUT2D eigenvalue weighted by molar-refractivity contribution is 7.92. The number of rotatable bonds is 8. The standard InChI is InChI=1S/C19H26N2O3S2/c1-2-3-16-4-6-17(7-5-16)26(22,23)20-18-9-15-25-19(18)8-10-21-11-13-24-14-12-21/h4-7,9,15,20H,2-3,8,10-14H2,1H3. The fourth-order valence-electron chi connectivity index (χ4n) is 3.04. The molecule has 3 rings (SSSR count). The van der Waals surface area contributed by atoms with Gasteiger partial charge in [-0.25, -0.2) is 8.42 Å². The van der Waals surface area contributed by atoms with E-state index in [4.69, 9.17) is 4.74 Å². The molecule has 0 radical (unpaired) electrons. The fourth-order valence-corrected chi connectivity index (χ4v) is 5.02. The molecule has 0 atom stereocenters. The maximum atomic E-state index is 12.7. The average Bonchev–Trinajstić information content (AvgIpc) is 3.08. The van der Waals surface area contributed by atoms with E-state index in [1.54, 1.807) is 23.5 Å². The second-order valence-electron chi connectivity index (χ2n) is 6.46. The van der Waals surface area contributed by atoms with E-state index in [2.05, 4.69) is 16.5 Å². The van der Waals surface area contributed by atoms with Crippen molar-refractivity contribution in [2.75, 3.05) is 37.6 Å². The molecule has 2 aromatic rings. The summed E-state index contributed by atoms with van der Waals surface area (Å²) in [5.74, 6) is 0. The molecule has 1 aromatic heterocycles. The number of morpholine rings is 1. The lowest BCUT2D eigenvalue weighted by atomic mass is 10.1. The van der Waals surface area contributed by atoms with Crippen molar-refractivity contribution in [1.29, 1.82) is 0 Å². The number of benzene rings is 1. The second-order valence-corrected chi connectivity index (χ2v) is 9.14. The molecule has 1 aliphatic rings. The molecule has 26 heavy (non-hydrogen) atoms. The first-order valence-electron chi connectivity index (χ1n) is 9.07. The molecule has 0 spiro atoms. The van der Waals surface area contributed by atoms with E-state index in [1.807, 2.05) is 23.6 Å². The zero-order valence-electron chi connectivity index (χ0n) is 15.1. The molecular formula is C19H26N2O3S2. The Hall–Kier alpha value is -1.41. The van der Waals surface area contributed by atoms with Crippen LogP contribution in [0, 0.1) is 0 Å². The molecule has 0 saturated carbocycles. The molecule has 5 nitrogen and oxygen atoms in total. The van der Waals surface area contributed by atoms with E-state index in [0.717, 1.165) is 62.6 Å². The summed E-state index contributed by atoms with van der Waals surface area (Å²) in [6, 6.07) is 9.01. The summed E-state index contributed by atoms with van der Waals surface area (Å²) in [6.45, 7) is 6.47. The summed E-state index contributed by atoms with van der Waals surface area (Å²) in [7, 11) is -3.56. The Morgan fingerprint density at radius 1 is 1.12 bits per heavy atom. The van der Waals surface area contributed by atoms with Gasteiger partial charge in [0.1, 0.15) is 0 Å². The molecule has 0 amide bonds. The Bertz CT molecular complexity index is 794. The number of sulfonamides is 1. The van der Waals surface area contributed by atoms with Crippen LogP contribution >= 0.6 is 11.3 Å². The molecule has 0 unspecified atom stereocenters. The Balaban J connectivity index is 1.65. The van der Waals surface area contributed by atoms with Crippen LogP contribution in [0.5, 0.6) is 0 Å². The van der Waals surface area contributed by atoms with Crippen LogP contribution in [0.15, 0.2) is 40.6 Å². The van der Waals surface area contributed by atoms with Crippen LogP contribution in [-0.4, -0.2) is 46.2 Å². The monoisotopic (exact) mass is 394 g/mol. The topological polar surface area (TPSA) is 58.6 Å². The number of hydrogen-bond donors (Lipinski definition) is 1. The second kappa shape index (κ2) is 8.99. The zero-order valence-corrected chi connectivity index (χ0v) is 16.7. The number of nitrogens with zero attached hydrogens (tertiary/aromatic N) is 1. The van der Waals surface area contributed by atoms with Gasteiger partial charge in [-0.2, -0.15) is 0 Å². The molecular weight excluding hydrogens is 368 g/mol. The summed E-state index contributed by atoms with van der Waals surface area (Å²) in [5.41, 5.74) is 1.86. The summed E-state index contributed by atoms with van der Waals surface area (Å²) < 4.78 is 33.5. The van der Waals surface area contributed by atoms with Crippen LogP contribution in [0.25, 0.3) is 0 Å². The van der Waals surface area contributed by atoms with Gasteiger partial charge in [0.05, 0.1) is 23.8 Å². The van der Waals surface area contributed by atoms with Crippen LogP contribution in [0.2, 0.25) is 0 Å². The number of anilines is 1. The maximum Gasteiger partial charge on any atom is 0.261 e. The molecule has 142 valence electrons. The van der Waals surface area contributed by atoms with Gasteiger partial charge in [-0.1, -0.05) is 25.5 Å². The molecule has 2 heterocycles. The maximum absolute atomic E-state index is 12.7. The first-order chi connectivity index (χ1) is 12.6. The average molecular weight is 395 g/mol. The van der Waals surface area contributed by atoms with E-state index >= 15 is 0 Å². The first kappa shape index (κ1) is 19.4. The van der Waals surface area contributed by atoms with Gasteiger partial charge in [0.25, 0.3) is 10.0 Å². The lowest BCUT2D eigenvalue weighted by Crippen LogP contribution is -2.37. The van der Waals surface area contributed by atoms with Crippen molar-refractivity contribution in [3.8, 4) is 0 Å². The normalized spacial score (nSPS) is 15.9. The number of ether oxygens (including phenoxy) is 1. The summed E-state index contributed by atoms with van der Waals surface area (Å²) in [5, 5.41) is 1.94. The number of thiophene rings is 1. The smallest absolute Gasteiger partial charge is 0.261 e. The van der Waals surface area contributed by atoms with Crippen LogP contribution in [0.3, 0.4) is 0 Å². The predicted octanol–water partition coefficient (Wildman–Crippen LogP) is 3.38. The highest BCUT2D eigenvalue weighted by Crippen LogP contribution is 2.26. The third-order valence-electron chi connectivity index (χ3n) is 4.52. The zero-order chi connectivity index (χ0) is 18.4. The molecule has 1 aromatic carbocycles. The van der Waals surface area contributed by atoms with E-state index in [-0.39, 0.29) is 0 Å². The van der Waals surface area contributed by atoms with Gasteiger partial charge < -0.3 is 4.74 Å². The minimum atomic E-state index is -3.56. The molecule has 0 bridgehead atoms. The van der Waals surface area contributed by atoms with Crippen molar-refractivity contribution in [1.82, 2.24) is 4.90 Å². The van der Waals surface area contributed by atoms with Crippen molar-refractivity contribution in [2.45, 2.75) is 31.1 Å². The van der Waals surface area contributed by atoms with Gasteiger partial charge in [0.2, 0.25) is 0 Å². The summed E-state index contributed by atoms with van der Waals surface area (Å²) in [4.78, 5) is 3.74. The van der Waals surface area contributed by atoms with Gasteiger partial charge in [-0.15, -0.1) is 11.3 Å². The van der Waals surface area contributed by atoms with Gasteiger partial charge in [0, 0.05) is 24.5 Å². The predicted molar refractivity (Wildman–Crippen MR) is 107 cm³/mol. The van der Waals surface area contributed by atoms with E-state index in [1.165, 1.54) is 0 Å². The van der Waals surface area contributed by atoms with Crippen LogP contribution in [-0.2, 0) is 27.6 Å². The first-order valence-corrected chi connectivity index (χ1v) is 11.4. The third-order valence-corrected chi connectivity index (χ3v) is 6.88. The number of aryl methyl sites for hydroxylation is 1. The van der Waals surface area contributed by atoms with Crippen molar-refractivity contribution < 1.29 is 13.2 Å². The van der Waals surface area contributed by atoms with Gasteiger partial charge >= 0.3 is 0 Å². The minimum absolute atomic E-state index is 0.308. The Labute approximate surface area is 160 Å². The fraction of sp³-hybridized carbons (Fsp3) is 0.474. The van der Waals surface area contributed by atoms with Crippen LogP contribution < -0.4 is 4.72 Å². The van der Waals surface area contributed by atoms with Crippen molar-refractivity contribution in [2.24, 2.45) is 0 Å². The van der Waals surface area contributed by atoms with Crippen LogP contribution in [0.4, 0.5) is 5.69 Å². The highest BCUT2D eigenvalue weighted by Gasteiger charge is 2.18. The highest BCUT2D eigenvalue weighted by atomic mass is 32.2. The Morgan fingerprint density at radius 3 is 2.54 bits per heavy atom. The van der Waals surface area contributed by atoms with Gasteiger partial charge in [0.15, 0.2) is 0 Å². The number of hydrogen-bond acceptors (Lipinski definition) is 5. The quantitative estimate of drug-likeness (QED) is 0.746. The molecule has 1 aliphatic heterocycles. The van der Waals surface area contributed by atoms with Gasteiger partial charge in [-0.3, -0.25) is 9.62 Å². The molecule has 1 N–H and O–H groups in total. The molecule has 0 aliphatic carbocycles. The number of nitrogens with one attached hydrogen (secondary N) is 1. The van der Waals surface area contributed by atoms with Crippen molar-refractivity contribution >= 4 is 27.0 Å². The van der Waals surface area contributed by atoms with E-state index in [0.29, 0.717) is 10.6 Å². The SMILES string of the molecule is CCCc1ccc(S(=O)(=O)Nc2ccsc2CCN2CCOCC2)cc1. The molecule has 1 saturated heterocycles. The minimum Gasteiger partial charge on any atom is -0.379 e. The lowest BCUT2D eigenvalue weighted by Gasteiger charge is -2.26. The Morgan fingerprint density at radius 2 is 1.85 bits per heavy atom. The van der Waals surface area contributed by atoms with E-state index < -0.39 is 10.0 Å². The Kier molecular flexibility index (Phi) is 6.69. The lowest BCUT2D eigenvalue weighted by molar-refractivity contribution is 0.0385. The van der Waals surface area contributed by atoms with Crippen molar-refractivity contribution in [3.05, 3.63) is 46.2 Å². The third kappa shape index (κ3) is 5.07. The van der Waals surface area contributed by atoms with Gasteiger partial charge in [-0.05, 0) is 42.0 Å².